The molecule has 166 valence electrons. The zero-order valence-corrected chi connectivity index (χ0v) is 19.0. The van der Waals surface area contributed by atoms with E-state index in [-0.39, 0.29) is 17.4 Å². The predicted molar refractivity (Wildman–Crippen MR) is 112 cm³/mol. The van der Waals surface area contributed by atoms with Gasteiger partial charge in [0.15, 0.2) is 5.79 Å². The summed E-state index contributed by atoms with van der Waals surface area (Å²) in [7, 11) is 3.57. The lowest BCUT2D eigenvalue weighted by molar-refractivity contribution is -0.261. The molecule has 4 aliphatic rings. The van der Waals surface area contributed by atoms with E-state index in [1.807, 2.05) is 6.92 Å². The van der Waals surface area contributed by atoms with Gasteiger partial charge >= 0.3 is 0 Å². The lowest BCUT2D eigenvalue weighted by atomic mass is 9.44. The van der Waals surface area contributed by atoms with Crippen LogP contribution in [0, 0.1) is 34.5 Å². The van der Waals surface area contributed by atoms with Crippen molar-refractivity contribution >= 4 is 5.91 Å². The third-order valence-electron chi connectivity index (χ3n) is 10.1. The highest BCUT2D eigenvalue weighted by molar-refractivity contribution is 5.76. The van der Waals surface area contributed by atoms with E-state index in [1.54, 1.807) is 14.2 Å². The molecule has 0 aromatic rings. The van der Waals surface area contributed by atoms with Gasteiger partial charge in [0, 0.05) is 33.5 Å². The molecule has 4 rings (SSSR count). The molecule has 0 spiro atoms. The standard InChI is InChI=1S/C24H41NO4/c1-6-20(27)25-21-19(26)13-18-16-8-7-15-14-24(28-4,29-5)12-11-22(15,2)17(16)9-10-23(18,21)3/h15-19,21,26H,6-14H2,1-5H3,(H,25,27)/t15-,16+,17-,18-,19-,21-,22-,23-/m0/s1. The Morgan fingerprint density at radius 1 is 1.03 bits per heavy atom. The fourth-order valence-corrected chi connectivity index (χ4v) is 8.20. The van der Waals surface area contributed by atoms with Crippen LogP contribution in [0.25, 0.3) is 0 Å². The summed E-state index contributed by atoms with van der Waals surface area (Å²) in [6.45, 7) is 6.74. The molecule has 0 bridgehead atoms. The first-order chi connectivity index (χ1) is 13.7. The second-order valence-electron chi connectivity index (χ2n) is 10.9. The van der Waals surface area contributed by atoms with Crippen molar-refractivity contribution in [3.05, 3.63) is 0 Å². The third kappa shape index (κ3) is 3.18. The predicted octanol–water partition coefficient (Wildman–Crippen LogP) is 3.88. The molecule has 0 aromatic carbocycles. The minimum atomic E-state index is -0.411. The Kier molecular flexibility index (Phi) is 5.57. The van der Waals surface area contributed by atoms with Gasteiger partial charge in [-0.25, -0.2) is 0 Å². The topological polar surface area (TPSA) is 67.8 Å². The number of carbonyl (C=O) groups is 1. The number of nitrogens with one attached hydrogen (secondary N) is 1. The van der Waals surface area contributed by atoms with Crippen LogP contribution in [0.15, 0.2) is 0 Å². The van der Waals surface area contributed by atoms with Crippen LogP contribution in [0.3, 0.4) is 0 Å². The quantitative estimate of drug-likeness (QED) is 0.694. The summed E-state index contributed by atoms with van der Waals surface area (Å²) in [6, 6.07) is -0.0904. The molecule has 5 nitrogen and oxygen atoms in total. The largest absolute Gasteiger partial charge is 0.391 e. The maximum Gasteiger partial charge on any atom is 0.220 e. The van der Waals surface area contributed by atoms with Gasteiger partial charge in [-0.3, -0.25) is 4.79 Å². The Morgan fingerprint density at radius 3 is 2.41 bits per heavy atom. The highest BCUT2D eigenvalue weighted by Crippen LogP contribution is 2.67. The van der Waals surface area contributed by atoms with E-state index >= 15 is 0 Å². The van der Waals surface area contributed by atoms with Crippen LogP contribution in [0.5, 0.6) is 0 Å². The van der Waals surface area contributed by atoms with Crippen molar-refractivity contribution in [2.75, 3.05) is 14.2 Å². The molecule has 4 saturated carbocycles. The van der Waals surface area contributed by atoms with E-state index in [4.69, 9.17) is 9.47 Å². The minimum absolute atomic E-state index is 0.0199. The Labute approximate surface area is 176 Å². The number of methoxy groups -OCH3 is 2. The smallest absolute Gasteiger partial charge is 0.220 e. The summed E-state index contributed by atoms with van der Waals surface area (Å²) in [5.41, 5.74) is 0.354. The van der Waals surface area contributed by atoms with Crippen molar-refractivity contribution in [1.29, 1.82) is 0 Å². The van der Waals surface area contributed by atoms with Gasteiger partial charge in [0.2, 0.25) is 5.91 Å². The molecule has 0 saturated heterocycles. The van der Waals surface area contributed by atoms with E-state index in [2.05, 4.69) is 19.2 Å². The van der Waals surface area contributed by atoms with Crippen molar-refractivity contribution in [2.45, 2.75) is 96.5 Å². The number of rotatable bonds is 4. The van der Waals surface area contributed by atoms with Gasteiger partial charge in [-0.05, 0) is 73.0 Å². The summed E-state index contributed by atoms with van der Waals surface area (Å²) in [5.74, 6) is 2.18. The maximum atomic E-state index is 12.1. The first-order valence-electron chi connectivity index (χ1n) is 11.8. The Balaban J connectivity index is 1.56. The SMILES string of the molecule is CCC(=O)N[C@H]1[C@@H](O)C[C@H]2[C@@H]3CC[C@H]4CC(OC)(OC)CC[C@]4(C)[C@H]3CC[C@@]21C. The highest BCUT2D eigenvalue weighted by Gasteiger charge is 2.63. The van der Waals surface area contributed by atoms with Gasteiger partial charge in [-0.15, -0.1) is 0 Å². The van der Waals surface area contributed by atoms with Crippen LogP contribution in [0.4, 0.5) is 0 Å². The van der Waals surface area contributed by atoms with Crippen LogP contribution < -0.4 is 5.32 Å². The first kappa shape index (κ1) is 21.6. The summed E-state index contributed by atoms with van der Waals surface area (Å²) in [4.78, 5) is 12.1. The second-order valence-corrected chi connectivity index (χ2v) is 10.9. The Hall–Kier alpha value is -0.650. The number of aliphatic hydroxyl groups excluding tert-OH is 1. The molecule has 4 aliphatic carbocycles. The molecule has 0 unspecified atom stereocenters. The summed E-state index contributed by atoms with van der Waals surface area (Å²) < 4.78 is 11.6. The molecule has 1 amide bonds. The second kappa shape index (κ2) is 7.49. The minimum Gasteiger partial charge on any atom is -0.391 e. The average molecular weight is 408 g/mol. The van der Waals surface area contributed by atoms with E-state index in [0.717, 1.165) is 32.1 Å². The van der Waals surface area contributed by atoms with E-state index in [0.29, 0.717) is 35.5 Å². The van der Waals surface area contributed by atoms with Crippen LogP contribution >= 0.6 is 0 Å². The number of aliphatic hydroxyl groups is 1. The van der Waals surface area contributed by atoms with E-state index in [1.165, 1.54) is 19.3 Å². The number of hydrogen-bond donors (Lipinski definition) is 2. The van der Waals surface area contributed by atoms with Crippen molar-refractivity contribution in [3.63, 3.8) is 0 Å². The fraction of sp³-hybridized carbons (Fsp3) is 0.958. The van der Waals surface area contributed by atoms with E-state index in [9.17, 15) is 9.90 Å². The van der Waals surface area contributed by atoms with Gasteiger partial charge in [0.25, 0.3) is 0 Å². The molecule has 0 heterocycles. The van der Waals surface area contributed by atoms with Crippen LogP contribution in [-0.4, -0.2) is 43.2 Å². The van der Waals surface area contributed by atoms with Gasteiger partial charge in [-0.2, -0.15) is 0 Å². The summed E-state index contributed by atoms with van der Waals surface area (Å²) in [5, 5.41) is 14.1. The number of ether oxygens (including phenoxy) is 2. The lowest BCUT2D eigenvalue weighted by Crippen LogP contribution is -2.58. The molecule has 0 aromatic heterocycles. The Morgan fingerprint density at radius 2 is 1.76 bits per heavy atom. The third-order valence-corrected chi connectivity index (χ3v) is 10.1. The molecule has 0 radical (unpaired) electrons. The monoisotopic (exact) mass is 407 g/mol. The van der Waals surface area contributed by atoms with Gasteiger partial charge in [0.05, 0.1) is 12.1 Å². The number of amides is 1. The molecular formula is C24H41NO4. The number of carbonyl (C=O) groups excluding carboxylic acids is 1. The number of fused-ring (bicyclic) bond motifs is 5. The molecule has 29 heavy (non-hydrogen) atoms. The van der Waals surface area contributed by atoms with Crippen molar-refractivity contribution in [3.8, 4) is 0 Å². The van der Waals surface area contributed by atoms with Crippen LogP contribution in [0.2, 0.25) is 0 Å². The molecule has 4 fully saturated rings. The van der Waals surface area contributed by atoms with E-state index < -0.39 is 11.9 Å². The zero-order valence-electron chi connectivity index (χ0n) is 19.0. The van der Waals surface area contributed by atoms with Crippen molar-refractivity contribution in [1.82, 2.24) is 5.32 Å². The molecule has 2 N–H and O–H groups in total. The summed E-state index contributed by atoms with van der Waals surface area (Å²) in [6.07, 6.45) is 8.80. The van der Waals surface area contributed by atoms with Crippen molar-refractivity contribution < 1.29 is 19.4 Å². The molecule has 8 atom stereocenters. The molecular weight excluding hydrogens is 366 g/mol. The maximum absolute atomic E-state index is 12.1. The normalized spacial score (nSPS) is 48.3. The lowest BCUT2D eigenvalue weighted by Gasteiger charge is -2.62. The van der Waals surface area contributed by atoms with Crippen LogP contribution in [0.1, 0.15) is 78.6 Å². The highest BCUT2D eigenvalue weighted by atomic mass is 16.7. The zero-order chi connectivity index (χ0) is 21.0. The molecule has 5 heteroatoms. The van der Waals surface area contributed by atoms with Gasteiger partial charge in [0.1, 0.15) is 0 Å². The van der Waals surface area contributed by atoms with Gasteiger partial charge in [-0.1, -0.05) is 20.8 Å². The summed E-state index contributed by atoms with van der Waals surface area (Å²) >= 11 is 0. The van der Waals surface area contributed by atoms with Crippen molar-refractivity contribution in [2.24, 2.45) is 34.5 Å². The number of hydrogen-bond acceptors (Lipinski definition) is 4. The first-order valence-corrected chi connectivity index (χ1v) is 11.8. The Bertz CT molecular complexity index is 634. The van der Waals surface area contributed by atoms with Gasteiger partial charge < -0.3 is 19.9 Å². The average Bonchev–Trinajstić information content (AvgIpc) is 2.98. The van der Waals surface area contributed by atoms with Crippen LogP contribution in [-0.2, 0) is 14.3 Å². The fourth-order valence-electron chi connectivity index (χ4n) is 8.20. The molecule has 0 aliphatic heterocycles.